The van der Waals surface area contributed by atoms with Crippen molar-refractivity contribution in [2.75, 3.05) is 11.4 Å². The number of phenolic OH excluding ortho intramolecular Hbond substituents is 2. The second kappa shape index (κ2) is 6.82. The maximum atomic E-state index is 11.1. The first kappa shape index (κ1) is 15.7. The van der Waals surface area contributed by atoms with Gasteiger partial charge in [0.05, 0.1) is 0 Å². The van der Waals surface area contributed by atoms with Crippen LogP contribution in [0.5, 0.6) is 11.5 Å². The maximum Gasteiger partial charge on any atom is 0.354 e. The Hall–Kier alpha value is -2.73. The van der Waals surface area contributed by atoms with Gasteiger partial charge in [0.15, 0.2) is 0 Å². The van der Waals surface area contributed by atoms with E-state index in [0.29, 0.717) is 17.7 Å². The molecule has 2 rings (SSSR count). The van der Waals surface area contributed by atoms with Crippen LogP contribution in [0.15, 0.2) is 48.5 Å². The van der Waals surface area contributed by atoms with E-state index >= 15 is 0 Å². The average Bonchev–Trinajstić information content (AvgIpc) is 2.50. The fourth-order valence-electron chi connectivity index (χ4n) is 2.15. The first-order valence-corrected chi connectivity index (χ1v) is 6.72. The van der Waals surface area contributed by atoms with Crippen molar-refractivity contribution in [2.24, 2.45) is 0 Å². The number of carboxylic acid groups (broad SMARTS) is 1. The molecule has 0 fully saturated rings. The number of benzene rings is 2. The van der Waals surface area contributed by atoms with Gasteiger partial charge in [-0.15, -0.1) is 0 Å². The summed E-state index contributed by atoms with van der Waals surface area (Å²) in [5.74, 6) is -1.47. The van der Waals surface area contributed by atoms with Crippen LogP contribution in [0.2, 0.25) is 0 Å². The smallest absolute Gasteiger partial charge is 0.354 e. The number of rotatable bonds is 6. The highest BCUT2D eigenvalue weighted by atomic mass is 16.4. The molecule has 116 valence electrons. The molecule has 2 aromatic carbocycles. The van der Waals surface area contributed by atoms with E-state index in [9.17, 15) is 20.1 Å². The van der Waals surface area contributed by atoms with Crippen LogP contribution in [0.3, 0.4) is 0 Å². The summed E-state index contributed by atoms with van der Waals surface area (Å²) >= 11 is 0. The van der Waals surface area contributed by atoms with Crippen LogP contribution < -0.4 is 4.90 Å². The van der Waals surface area contributed by atoms with Crippen LogP contribution in [-0.2, 0) is 11.2 Å². The quantitative estimate of drug-likeness (QED) is 0.604. The minimum atomic E-state index is -1.68. The Bertz CT molecular complexity index is 644. The lowest BCUT2D eigenvalue weighted by molar-refractivity contribution is -0.146. The molecule has 0 aromatic heterocycles. The zero-order valence-corrected chi connectivity index (χ0v) is 11.8. The molecule has 6 nitrogen and oxygen atoms in total. The Balaban J connectivity index is 2.18. The molecule has 0 bridgehead atoms. The molecule has 4 N–H and O–H groups in total. The lowest BCUT2D eigenvalue weighted by Gasteiger charge is -2.27. The van der Waals surface area contributed by atoms with Crippen molar-refractivity contribution in [2.45, 2.75) is 12.6 Å². The van der Waals surface area contributed by atoms with E-state index < -0.39 is 12.2 Å². The van der Waals surface area contributed by atoms with Gasteiger partial charge in [0.1, 0.15) is 11.5 Å². The Morgan fingerprint density at radius 3 is 2.36 bits per heavy atom. The number of anilines is 1. The lowest BCUT2D eigenvalue weighted by Crippen LogP contribution is -2.42. The predicted molar refractivity (Wildman–Crippen MR) is 80.9 cm³/mol. The molecular weight excluding hydrogens is 286 g/mol. The second-order valence-electron chi connectivity index (χ2n) is 4.80. The van der Waals surface area contributed by atoms with Crippen molar-refractivity contribution < 1.29 is 25.2 Å². The number of aromatic hydroxyl groups is 2. The van der Waals surface area contributed by atoms with Gasteiger partial charge >= 0.3 is 5.97 Å². The number of aliphatic carboxylic acids is 1. The van der Waals surface area contributed by atoms with E-state index in [-0.39, 0.29) is 18.0 Å². The van der Waals surface area contributed by atoms with Gasteiger partial charge in [-0.05, 0) is 30.2 Å². The van der Waals surface area contributed by atoms with E-state index in [1.807, 2.05) is 0 Å². The molecule has 0 amide bonds. The summed E-state index contributed by atoms with van der Waals surface area (Å²) in [5, 5.41) is 37.9. The van der Waals surface area contributed by atoms with E-state index in [0.717, 1.165) is 0 Å². The van der Waals surface area contributed by atoms with Crippen molar-refractivity contribution in [1.29, 1.82) is 0 Å². The summed E-state index contributed by atoms with van der Waals surface area (Å²) in [5.41, 5.74) is 1.12. The summed E-state index contributed by atoms with van der Waals surface area (Å²) in [6.07, 6.45) is -1.37. The molecular formula is C16H17NO5. The van der Waals surface area contributed by atoms with Gasteiger partial charge in [-0.2, -0.15) is 0 Å². The number of carbonyl (C=O) groups is 1. The summed E-state index contributed by atoms with van der Waals surface area (Å²) in [4.78, 5) is 12.4. The molecule has 0 saturated carbocycles. The topological polar surface area (TPSA) is 101 Å². The third kappa shape index (κ3) is 3.67. The van der Waals surface area contributed by atoms with E-state index in [4.69, 9.17) is 5.11 Å². The van der Waals surface area contributed by atoms with Gasteiger partial charge in [-0.3, -0.25) is 0 Å². The predicted octanol–water partition coefficient (Wildman–Crippen LogP) is 1.55. The lowest BCUT2D eigenvalue weighted by atomic mass is 10.1. The number of aliphatic hydroxyl groups excluding tert-OH is 1. The second-order valence-corrected chi connectivity index (χ2v) is 4.80. The number of hydrogen-bond donors (Lipinski definition) is 4. The zero-order chi connectivity index (χ0) is 16.1. The van der Waals surface area contributed by atoms with Crippen LogP contribution in [0.25, 0.3) is 0 Å². The molecule has 0 saturated heterocycles. The fourth-order valence-corrected chi connectivity index (χ4v) is 2.15. The van der Waals surface area contributed by atoms with Crippen molar-refractivity contribution in [3.8, 4) is 11.5 Å². The van der Waals surface area contributed by atoms with Gasteiger partial charge < -0.3 is 25.3 Å². The number of nitrogens with zero attached hydrogens (tertiary/aromatic N) is 1. The molecule has 1 unspecified atom stereocenters. The van der Waals surface area contributed by atoms with Gasteiger partial charge in [0, 0.05) is 18.3 Å². The zero-order valence-electron chi connectivity index (χ0n) is 11.8. The third-order valence-electron chi connectivity index (χ3n) is 3.29. The van der Waals surface area contributed by atoms with Crippen LogP contribution in [-0.4, -0.2) is 39.2 Å². The molecule has 0 heterocycles. The molecule has 0 aliphatic heterocycles. The molecule has 0 spiro atoms. The van der Waals surface area contributed by atoms with Crippen molar-refractivity contribution in [1.82, 2.24) is 0 Å². The molecule has 0 radical (unpaired) electrons. The maximum absolute atomic E-state index is 11.1. The Kier molecular flexibility index (Phi) is 4.85. The van der Waals surface area contributed by atoms with Gasteiger partial charge in [-0.25, -0.2) is 4.79 Å². The highest BCUT2D eigenvalue weighted by Gasteiger charge is 2.23. The van der Waals surface area contributed by atoms with Crippen LogP contribution in [0.4, 0.5) is 5.69 Å². The Morgan fingerprint density at radius 2 is 1.77 bits per heavy atom. The standard InChI is InChI=1S/C16H17NO5/c18-13-7-6-11(14(19)10-13)8-9-17(15(20)16(21)22)12-4-2-1-3-5-12/h1-7,10,15,18-20H,8-9H2,(H,21,22). The van der Waals surface area contributed by atoms with Crippen LogP contribution >= 0.6 is 0 Å². The molecule has 1 atom stereocenters. The van der Waals surface area contributed by atoms with Crippen molar-refractivity contribution in [3.05, 3.63) is 54.1 Å². The van der Waals surface area contributed by atoms with Gasteiger partial charge in [0.2, 0.25) is 6.23 Å². The number of aliphatic hydroxyl groups is 1. The molecule has 2 aromatic rings. The van der Waals surface area contributed by atoms with Crippen molar-refractivity contribution >= 4 is 11.7 Å². The summed E-state index contributed by atoms with van der Waals surface area (Å²) in [6.45, 7) is 0.190. The van der Waals surface area contributed by atoms with Crippen LogP contribution in [0, 0.1) is 0 Å². The van der Waals surface area contributed by atoms with Gasteiger partial charge in [0.25, 0.3) is 0 Å². The van der Waals surface area contributed by atoms with Crippen LogP contribution in [0.1, 0.15) is 5.56 Å². The highest BCUT2D eigenvalue weighted by molar-refractivity contribution is 5.76. The Morgan fingerprint density at radius 1 is 1.09 bits per heavy atom. The SMILES string of the molecule is O=C(O)C(O)N(CCc1ccc(O)cc1O)c1ccccc1. The molecule has 22 heavy (non-hydrogen) atoms. The first-order chi connectivity index (χ1) is 10.5. The number of para-hydroxylation sites is 1. The fraction of sp³-hybridized carbons (Fsp3) is 0.188. The number of carboxylic acids is 1. The van der Waals surface area contributed by atoms with E-state index in [2.05, 4.69) is 0 Å². The van der Waals surface area contributed by atoms with E-state index in [1.54, 1.807) is 36.4 Å². The highest BCUT2D eigenvalue weighted by Crippen LogP contribution is 2.24. The average molecular weight is 303 g/mol. The number of hydrogen-bond acceptors (Lipinski definition) is 5. The minimum Gasteiger partial charge on any atom is -0.508 e. The Labute approximate surface area is 127 Å². The van der Waals surface area contributed by atoms with Gasteiger partial charge in [-0.1, -0.05) is 24.3 Å². The third-order valence-corrected chi connectivity index (χ3v) is 3.29. The van der Waals surface area contributed by atoms with Crippen molar-refractivity contribution in [3.63, 3.8) is 0 Å². The summed E-state index contributed by atoms with van der Waals surface area (Å²) < 4.78 is 0. The summed E-state index contributed by atoms with van der Waals surface area (Å²) in [7, 11) is 0. The number of phenols is 2. The monoisotopic (exact) mass is 303 g/mol. The van der Waals surface area contributed by atoms with E-state index in [1.165, 1.54) is 17.0 Å². The molecule has 0 aliphatic carbocycles. The minimum absolute atomic E-state index is 0.0493. The molecule has 0 aliphatic rings. The molecule has 6 heteroatoms. The normalized spacial score (nSPS) is 11.9. The first-order valence-electron chi connectivity index (χ1n) is 6.72. The summed E-state index contributed by atoms with van der Waals surface area (Å²) in [6, 6.07) is 12.9. The largest absolute Gasteiger partial charge is 0.508 e.